The highest BCUT2D eigenvalue weighted by molar-refractivity contribution is 6.00. The van der Waals surface area contributed by atoms with Gasteiger partial charge in [0.25, 0.3) is 5.91 Å². The number of carbonyl (C=O) groups is 2. The molecule has 5 heteroatoms. The number of esters is 1. The van der Waals surface area contributed by atoms with Crippen molar-refractivity contribution in [2.24, 2.45) is 0 Å². The molecule has 0 spiro atoms. The van der Waals surface area contributed by atoms with Crippen molar-refractivity contribution in [3.8, 4) is 28.0 Å². The number of benzene rings is 4. The second-order valence-corrected chi connectivity index (χ2v) is 10.4. The number of ether oxygens (including phenoxy) is 1. The normalized spacial score (nSPS) is 12.0. The Hall–Kier alpha value is -4.38. The predicted octanol–water partition coefficient (Wildman–Crippen LogP) is 6.54. The van der Waals surface area contributed by atoms with Crippen molar-refractivity contribution in [1.29, 1.82) is 0 Å². The fourth-order valence-corrected chi connectivity index (χ4v) is 4.33. The molecule has 1 amide bonds. The van der Waals surface area contributed by atoms with E-state index in [0.717, 1.165) is 27.8 Å². The molecule has 0 heterocycles. The Labute approximate surface area is 224 Å². The van der Waals surface area contributed by atoms with Crippen LogP contribution in [0.25, 0.3) is 22.3 Å². The number of methoxy groups -OCH3 is 1. The Morgan fingerprint density at radius 3 is 1.95 bits per heavy atom. The van der Waals surface area contributed by atoms with Gasteiger partial charge in [-0.15, -0.1) is 0 Å². The standard InChI is InChI=1S/C33H33NO4/c1-33(2,3)27-17-14-25(15-18-27)26-16-19-30(35)28(21-26)31(36)34-29(32(37)38-4)20-22-10-12-24(13-11-22)23-8-6-5-7-9-23/h5-19,21,29,35H,20H2,1-4H3,(H,34,36)/t29-/m0/s1. The lowest BCUT2D eigenvalue weighted by Gasteiger charge is -2.19. The summed E-state index contributed by atoms with van der Waals surface area (Å²) in [6.07, 6.45) is 0.252. The fraction of sp³-hybridized carbons (Fsp3) is 0.212. The van der Waals surface area contributed by atoms with Crippen LogP contribution in [0.4, 0.5) is 0 Å². The van der Waals surface area contributed by atoms with Crippen LogP contribution >= 0.6 is 0 Å². The molecule has 194 valence electrons. The average Bonchev–Trinajstić information content (AvgIpc) is 2.93. The van der Waals surface area contributed by atoms with Gasteiger partial charge in [0.1, 0.15) is 11.8 Å². The van der Waals surface area contributed by atoms with Gasteiger partial charge in [-0.25, -0.2) is 4.79 Å². The van der Waals surface area contributed by atoms with Gasteiger partial charge in [0.15, 0.2) is 0 Å². The van der Waals surface area contributed by atoms with Gasteiger partial charge in [-0.1, -0.05) is 106 Å². The molecule has 0 fully saturated rings. The molecule has 0 aliphatic heterocycles. The highest BCUT2D eigenvalue weighted by Crippen LogP contribution is 2.29. The van der Waals surface area contributed by atoms with E-state index in [4.69, 9.17) is 4.74 Å². The van der Waals surface area contributed by atoms with Crippen molar-refractivity contribution in [3.05, 3.63) is 114 Å². The molecule has 4 aromatic carbocycles. The van der Waals surface area contributed by atoms with Gasteiger partial charge in [-0.2, -0.15) is 0 Å². The molecule has 0 aromatic heterocycles. The van der Waals surface area contributed by atoms with Gasteiger partial charge in [0, 0.05) is 6.42 Å². The summed E-state index contributed by atoms with van der Waals surface area (Å²) in [5.74, 6) is -1.26. The number of rotatable bonds is 7. The van der Waals surface area contributed by atoms with E-state index in [2.05, 4.69) is 38.2 Å². The van der Waals surface area contributed by atoms with Crippen LogP contribution in [0, 0.1) is 0 Å². The first-order valence-electron chi connectivity index (χ1n) is 12.6. The first kappa shape index (κ1) is 26.7. The number of phenolic OH excluding ortho intramolecular Hbond substituents is 1. The van der Waals surface area contributed by atoms with Crippen LogP contribution in [0.2, 0.25) is 0 Å². The Kier molecular flexibility index (Phi) is 7.96. The van der Waals surface area contributed by atoms with Crippen molar-refractivity contribution in [1.82, 2.24) is 5.32 Å². The zero-order valence-electron chi connectivity index (χ0n) is 22.2. The van der Waals surface area contributed by atoms with Crippen molar-refractivity contribution in [2.45, 2.75) is 38.6 Å². The van der Waals surface area contributed by atoms with Crippen molar-refractivity contribution < 1.29 is 19.4 Å². The predicted molar refractivity (Wildman–Crippen MR) is 151 cm³/mol. The quantitative estimate of drug-likeness (QED) is 0.279. The molecule has 0 aliphatic carbocycles. The smallest absolute Gasteiger partial charge is 0.328 e. The zero-order valence-corrected chi connectivity index (χ0v) is 22.2. The summed E-state index contributed by atoms with van der Waals surface area (Å²) in [5.41, 5.74) is 6.08. The van der Waals surface area contributed by atoms with Gasteiger partial charge < -0.3 is 15.2 Å². The first-order valence-corrected chi connectivity index (χ1v) is 12.6. The molecule has 4 aromatic rings. The Balaban J connectivity index is 1.53. The fourth-order valence-electron chi connectivity index (χ4n) is 4.33. The number of phenols is 1. The van der Waals surface area contributed by atoms with Crippen LogP contribution in [0.3, 0.4) is 0 Å². The van der Waals surface area contributed by atoms with E-state index >= 15 is 0 Å². The van der Waals surface area contributed by atoms with Crippen LogP contribution in [0.1, 0.15) is 42.3 Å². The first-order chi connectivity index (χ1) is 18.2. The number of carbonyl (C=O) groups excluding carboxylic acids is 2. The largest absolute Gasteiger partial charge is 0.507 e. The molecule has 0 bridgehead atoms. The average molecular weight is 508 g/mol. The van der Waals surface area contributed by atoms with E-state index in [1.165, 1.54) is 18.7 Å². The minimum atomic E-state index is -0.913. The minimum Gasteiger partial charge on any atom is -0.507 e. The van der Waals surface area contributed by atoms with Crippen LogP contribution < -0.4 is 5.32 Å². The third kappa shape index (κ3) is 6.30. The van der Waals surface area contributed by atoms with Crippen molar-refractivity contribution >= 4 is 11.9 Å². The maximum atomic E-state index is 13.2. The lowest BCUT2D eigenvalue weighted by atomic mass is 9.86. The van der Waals surface area contributed by atoms with E-state index in [1.807, 2.05) is 66.7 Å². The SMILES string of the molecule is COC(=O)[C@H](Cc1ccc(-c2ccccc2)cc1)NC(=O)c1cc(-c2ccc(C(C)(C)C)cc2)ccc1O. The summed E-state index contributed by atoms with van der Waals surface area (Å²) in [4.78, 5) is 25.8. The van der Waals surface area contributed by atoms with Gasteiger partial charge in [0.2, 0.25) is 0 Å². The molecule has 0 aliphatic rings. The molecule has 4 rings (SSSR count). The van der Waals surface area contributed by atoms with Gasteiger partial charge in [-0.05, 0) is 50.9 Å². The lowest BCUT2D eigenvalue weighted by Crippen LogP contribution is -2.43. The molecule has 5 nitrogen and oxygen atoms in total. The van der Waals surface area contributed by atoms with Crippen LogP contribution in [0.5, 0.6) is 5.75 Å². The maximum Gasteiger partial charge on any atom is 0.328 e. The molecule has 1 atom stereocenters. The molecular formula is C33H33NO4. The summed E-state index contributed by atoms with van der Waals surface area (Å²) in [6, 6.07) is 30.0. The number of hydrogen-bond acceptors (Lipinski definition) is 4. The Morgan fingerprint density at radius 2 is 1.34 bits per heavy atom. The number of nitrogens with one attached hydrogen (secondary N) is 1. The summed E-state index contributed by atoms with van der Waals surface area (Å²) >= 11 is 0. The summed E-state index contributed by atoms with van der Waals surface area (Å²) in [6.45, 7) is 6.46. The Morgan fingerprint density at radius 1 is 0.789 bits per heavy atom. The highest BCUT2D eigenvalue weighted by Gasteiger charge is 2.24. The number of aromatic hydroxyl groups is 1. The van der Waals surface area contributed by atoms with E-state index in [1.54, 1.807) is 12.1 Å². The molecule has 0 saturated heterocycles. The van der Waals surface area contributed by atoms with E-state index in [0.29, 0.717) is 0 Å². The van der Waals surface area contributed by atoms with E-state index < -0.39 is 17.9 Å². The van der Waals surface area contributed by atoms with Gasteiger partial charge in [-0.3, -0.25) is 4.79 Å². The number of hydrogen-bond donors (Lipinski definition) is 2. The Bertz CT molecular complexity index is 1400. The third-order valence-electron chi connectivity index (χ3n) is 6.62. The monoisotopic (exact) mass is 507 g/mol. The molecule has 0 radical (unpaired) electrons. The van der Waals surface area contributed by atoms with E-state index in [9.17, 15) is 14.7 Å². The molecule has 38 heavy (non-hydrogen) atoms. The van der Waals surface area contributed by atoms with Crippen LogP contribution in [-0.4, -0.2) is 30.1 Å². The molecule has 0 unspecified atom stereocenters. The second-order valence-electron chi connectivity index (χ2n) is 10.4. The zero-order chi connectivity index (χ0) is 27.3. The molecule has 2 N–H and O–H groups in total. The highest BCUT2D eigenvalue weighted by atomic mass is 16.5. The van der Waals surface area contributed by atoms with Crippen molar-refractivity contribution in [2.75, 3.05) is 7.11 Å². The van der Waals surface area contributed by atoms with Crippen LogP contribution in [-0.2, 0) is 21.4 Å². The topological polar surface area (TPSA) is 75.6 Å². The summed E-state index contributed by atoms with van der Waals surface area (Å²) < 4.78 is 4.96. The van der Waals surface area contributed by atoms with Crippen LogP contribution in [0.15, 0.2) is 97.1 Å². The number of amides is 1. The lowest BCUT2D eigenvalue weighted by molar-refractivity contribution is -0.142. The minimum absolute atomic E-state index is 0.0310. The molecular weight excluding hydrogens is 474 g/mol. The van der Waals surface area contributed by atoms with Gasteiger partial charge in [0.05, 0.1) is 12.7 Å². The van der Waals surface area contributed by atoms with E-state index in [-0.39, 0.29) is 23.1 Å². The maximum absolute atomic E-state index is 13.2. The van der Waals surface area contributed by atoms with Crippen molar-refractivity contribution in [3.63, 3.8) is 0 Å². The summed E-state index contributed by atoms with van der Waals surface area (Å²) in [5, 5.41) is 13.2. The van der Waals surface area contributed by atoms with Gasteiger partial charge >= 0.3 is 5.97 Å². The summed E-state index contributed by atoms with van der Waals surface area (Å²) in [7, 11) is 1.29. The third-order valence-corrected chi connectivity index (χ3v) is 6.62. The second kappa shape index (κ2) is 11.3. The molecule has 0 saturated carbocycles.